The van der Waals surface area contributed by atoms with E-state index in [0.717, 1.165) is 25.0 Å². The zero-order valence-electron chi connectivity index (χ0n) is 10.0. The number of nitrogens with two attached hydrogens (primary N) is 1. The third-order valence-electron chi connectivity index (χ3n) is 2.86. The molecular weight excluding hydrogens is 438 g/mol. The summed E-state index contributed by atoms with van der Waals surface area (Å²) in [6, 6.07) is 14.1. The molecule has 0 aromatic heterocycles. The monoisotopic (exact) mass is 450 g/mol. The Labute approximate surface area is 140 Å². The maximum Gasteiger partial charge on any atom is 0.0511 e. The summed E-state index contributed by atoms with van der Waals surface area (Å²) >= 11 is 11.9. The predicted octanol–water partition coefficient (Wildman–Crippen LogP) is 4.45. The smallest absolute Gasteiger partial charge is 0.0511 e. The fraction of sp³-hybridized carbons (Fsp3) is 0.143. The number of hydrazine groups is 1. The number of hydrogen-bond donors (Lipinski definition) is 2. The number of nitrogens with one attached hydrogen (secondary N) is 1. The van der Waals surface area contributed by atoms with Gasteiger partial charge in [-0.1, -0.05) is 39.7 Å². The third kappa shape index (κ3) is 4.16. The van der Waals surface area contributed by atoms with Crippen molar-refractivity contribution >= 4 is 50.1 Å². The molecule has 2 aromatic rings. The molecule has 0 aliphatic heterocycles. The molecule has 0 aliphatic carbocycles. The standard InChI is InChI=1S/C14H13BrClIN2/c15-10-3-1-2-9(6-10)7-14(19-18)12-8-11(16)4-5-13(12)17/h1-6,8,14,19H,7,18H2. The van der Waals surface area contributed by atoms with E-state index in [1.165, 1.54) is 5.56 Å². The summed E-state index contributed by atoms with van der Waals surface area (Å²) in [5.41, 5.74) is 5.21. The van der Waals surface area contributed by atoms with Crippen LogP contribution in [0.5, 0.6) is 0 Å². The maximum atomic E-state index is 6.07. The number of hydrogen-bond acceptors (Lipinski definition) is 2. The maximum absolute atomic E-state index is 6.07. The fourth-order valence-electron chi connectivity index (χ4n) is 1.94. The summed E-state index contributed by atoms with van der Waals surface area (Å²) in [6.45, 7) is 0. The first-order valence-electron chi connectivity index (χ1n) is 5.75. The Hall–Kier alpha value is -0.140. The van der Waals surface area contributed by atoms with Gasteiger partial charge in [-0.3, -0.25) is 11.3 Å². The van der Waals surface area contributed by atoms with Crippen molar-refractivity contribution in [1.82, 2.24) is 5.43 Å². The van der Waals surface area contributed by atoms with E-state index in [4.69, 9.17) is 17.4 Å². The van der Waals surface area contributed by atoms with Crippen molar-refractivity contribution in [3.63, 3.8) is 0 Å². The second kappa shape index (κ2) is 7.04. The van der Waals surface area contributed by atoms with E-state index in [2.05, 4.69) is 56.1 Å². The van der Waals surface area contributed by atoms with Crippen LogP contribution in [0.4, 0.5) is 0 Å². The molecule has 0 aliphatic rings. The highest BCUT2D eigenvalue weighted by atomic mass is 127. The van der Waals surface area contributed by atoms with Gasteiger partial charge in [-0.05, 0) is 70.5 Å². The van der Waals surface area contributed by atoms with E-state index in [1.807, 2.05) is 30.3 Å². The minimum Gasteiger partial charge on any atom is -0.271 e. The molecule has 5 heteroatoms. The highest BCUT2D eigenvalue weighted by molar-refractivity contribution is 14.1. The van der Waals surface area contributed by atoms with E-state index in [1.54, 1.807) is 0 Å². The van der Waals surface area contributed by atoms with Gasteiger partial charge in [0.25, 0.3) is 0 Å². The molecule has 0 radical (unpaired) electrons. The van der Waals surface area contributed by atoms with Crippen LogP contribution in [0.3, 0.4) is 0 Å². The molecule has 100 valence electrons. The molecule has 0 heterocycles. The Bertz CT molecular complexity index is 577. The predicted molar refractivity (Wildman–Crippen MR) is 92.1 cm³/mol. The zero-order chi connectivity index (χ0) is 13.8. The van der Waals surface area contributed by atoms with E-state index < -0.39 is 0 Å². The second-order valence-corrected chi connectivity index (χ2v) is 6.73. The lowest BCUT2D eigenvalue weighted by Gasteiger charge is -2.18. The first-order chi connectivity index (χ1) is 9.10. The summed E-state index contributed by atoms with van der Waals surface area (Å²) in [4.78, 5) is 0. The van der Waals surface area contributed by atoms with Crippen LogP contribution in [-0.2, 0) is 6.42 Å². The van der Waals surface area contributed by atoms with Gasteiger partial charge < -0.3 is 0 Å². The van der Waals surface area contributed by atoms with Crippen LogP contribution in [0, 0.1) is 3.57 Å². The van der Waals surface area contributed by atoms with Crippen molar-refractivity contribution < 1.29 is 0 Å². The molecule has 1 atom stereocenters. The first kappa shape index (κ1) is 15.3. The van der Waals surface area contributed by atoms with Gasteiger partial charge in [0.1, 0.15) is 0 Å². The topological polar surface area (TPSA) is 38.0 Å². The Morgan fingerprint density at radius 2 is 2.05 bits per heavy atom. The van der Waals surface area contributed by atoms with Gasteiger partial charge in [0.15, 0.2) is 0 Å². The average molecular weight is 452 g/mol. The molecule has 0 saturated heterocycles. The lowest BCUT2D eigenvalue weighted by Crippen LogP contribution is -2.30. The highest BCUT2D eigenvalue weighted by Gasteiger charge is 2.14. The Kier molecular flexibility index (Phi) is 5.65. The summed E-state index contributed by atoms with van der Waals surface area (Å²) in [5.74, 6) is 5.70. The van der Waals surface area contributed by atoms with Crippen LogP contribution in [0.2, 0.25) is 5.02 Å². The quantitative estimate of drug-likeness (QED) is 0.409. The molecule has 0 fully saturated rings. The number of rotatable bonds is 4. The van der Waals surface area contributed by atoms with Gasteiger partial charge in [0, 0.05) is 13.1 Å². The summed E-state index contributed by atoms with van der Waals surface area (Å²) in [6.07, 6.45) is 0.812. The SMILES string of the molecule is NNC(Cc1cccc(Br)c1)c1cc(Cl)ccc1I. The van der Waals surface area contributed by atoms with Gasteiger partial charge >= 0.3 is 0 Å². The van der Waals surface area contributed by atoms with Crippen LogP contribution >= 0.6 is 50.1 Å². The van der Waals surface area contributed by atoms with E-state index in [-0.39, 0.29) is 6.04 Å². The molecule has 2 aromatic carbocycles. The molecule has 2 nitrogen and oxygen atoms in total. The van der Waals surface area contributed by atoms with Crippen LogP contribution in [0.1, 0.15) is 17.2 Å². The number of halogens is 3. The van der Waals surface area contributed by atoms with Gasteiger partial charge in [0.05, 0.1) is 6.04 Å². The zero-order valence-corrected chi connectivity index (χ0v) is 14.5. The van der Waals surface area contributed by atoms with Crippen LogP contribution in [0.25, 0.3) is 0 Å². The van der Waals surface area contributed by atoms with E-state index in [0.29, 0.717) is 0 Å². The van der Waals surface area contributed by atoms with Gasteiger partial charge in [0.2, 0.25) is 0 Å². The third-order valence-corrected chi connectivity index (χ3v) is 4.57. The fourth-order valence-corrected chi connectivity index (χ4v) is 3.28. The summed E-state index contributed by atoms with van der Waals surface area (Å²) in [7, 11) is 0. The van der Waals surface area contributed by atoms with Crippen molar-refractivity contribution in [3.05, 3.63) is 66.7 Å². The first-order valence-corrected chi connectivity index (χ1v) is 8.00. The van der Waals surface area contributed by atoms with Crippen LogP contribution < -0.4 is 11.3 Å². The minimum absolute atomic E-state index is 0.0416. The lowest BCUT2D eigenvalue weighted by molar-refractivity contribution is 0.549. The van der Waals surface area contributed by atoms with Crippen LogP contribution in [0.15, 0.2) is 46.9 Å². The van der Waals surface area contributed by atoms with Crippen molar-refractivity contribution in [2.45, 2.75) is 12.5 Å². The second-order valence-electron chi connectivity index (χ2n) is 4.22. The van der Waals surface area contributed by atoms with Crippen molar-refractivity contribution in [2.24, 2.45) is 5.84 Å². The molecule has 0 bridgehead atoms. The van der Waals surface area contributed by atoms with Crippen LogP contribution in [-0.4, -0.2) is 0 Å². The molecule has 3 N–H and O–H groups in total. The Morgan fingerprint density at radius 1 is 1.26 bits per heavy atom. The Balaban J connectivity index is 2.27. The highest BCUT2D eigenvalue weighted by Crippen LogP contribution is 2.26. The van der Waals surface area contributed by atoms with Gasteiger partial charge in [-0.25, -0.2) is 0 Å². The van der Waals surface area contributed by atoms with Gasteiger partial charge in [-0.2, -0.15) is 0 Å². The average Bonchev–Trinajstić information content (AvgIpc) is 2.39. The Morgan fingerprint density at radius 3 is 2.74 bits per heavy atom. The minimum atomic E-state index is 0.0416. The van der Waals surface area contributed by atoms with E-state index >= 15 is 0 Å². The normalized spacial score (nSPS) is 12.4. The summed E-state index contributed by atoms with van der Waals surface area (Å²) < 4.78 is 2.22. The van der Waals surface area contributed by atoms with Crippen molar-refractivity contribution in [1.29, 1.82) is 0 Å². The molecule has 0 amide bonds. The largest absolute Gasteiger partial charge is 0.271 e. The van der Waals surface area contributed by atoms with E-state index in [9.17, 15) is 0 Å². The molecular formula is C14H13BrClIN2. The van der Waals surface area contributed by atoms with Crippen molar-refractivity contribution in [2.75, 3.05) is 0 Å². The van der Waals surface area contributed by atoms with Gasteiger partial charge in [-0.15, -0.1) is 0 Å². The molecule has 19 heavy (non-hydrogen) atoms. The van der Waals surface area contributed by atoms with Crippen molar-refractivity contribution in [3.8, 4) is 0 Å². The molecule has 0 spiro atoms. The summed E-state index contributed by atoms with van der Waals surface area (Å²) in [5, 5.41) is 0.727. The molecule has 2 rings (SSSR count). The number of benzene rings is 2. The molecule has 1 unspecified atom stereocenters. The molecule has 0 saturated carbocycles. The lowest BCUT2D eigenvalue weighted by atomic mass is 9.99.